The zero-order valence-corrected chi connectivity index (χ0v) is 15.5. The quantitative estimate of drug-likeness (QED) is 0.733. The normalized spacial score (nSPS) is 23.7. The molecule has 3 heteroatoms. The second kappa shape index (κ2) is 8.50. The van der Waals surface area contributed by atoms with E-state index in [9.17, 15) is 4.79 Å². The van der Waals surface area contributed by atoms with Gasteiger partial charge in [0.25, 0.3) is 0 Å². The minimum atomic E-state index is -0.717. The van der Waals surface area contributed by atoms with Gasteiger partial charge >= 0.3 is 5.97 Å². The molecule has 138 valence electrons. The Labute approximate surface area is 156 Å². The minimum Gasteiger partial charge on any atom is -0.481 e. The third kappa shape index (κ3) is 4.95. The highest BCUT2D eigenvalue weighted by Gasteiger charge is 2.37. The predicted octanol–water partition coefficient (Wildman–Crippen LogP) is 4.56. The molecule has 3 atom stereocenters. The number of carboxylic acids is 1. The number of hydrogen-bond acceptors (Lipinski definition) is 2. The van der Waals surface area contributed by atoms with Gasteiger partial charge in [0.1, 0.15) is 0 Å². The molecule has 0 spiro atoms. The molecular formula is C23H29NO2. The van der Waals surface area contributed by atoms with E-state index in [4.69, 9.17) is 5.11 Å². The molecule has 0 bridgehead atoms. The van der Waals surface area contributed by atoms with Crippen molar-refractivity contribution < 1.29 is 9.90 Å². The Bertz CT molecular complexity index is 701. The smallest absolute Gasteiger partial charge is 0.303 e. The Hall–Kier alpha value is -2.13. The van der Waals surface area contributed by atoms with Crippen LogP contribution < -0.4 is 5.32 Å². The van der Waals surface area contributed by atoms with Crippen molar-refractivity contribution in [1.29, 1.82) is 0 Å². The van der Waals surface area contributed by atoms with Gasteiger partial charge in [0.15, 0.2) is 0 Å². The molecule has 3 unspecified atom stereocenters. The summed E-state index contributed by atoms with van der Waals surface area (Å²) >= 11 is 0. The van der Waals surface area contributed by atoms with Crippen molar-refractivity contribution in [2.45, 2.75) is 62.9 Å². The molecule has 1 saturated carbocycles. The standard InChI is InChI=1S/C23H29NO2/c1-23(19-10-6-3-7-11-19)15-14-21(17-23)24-20(12-13-22(25)26)16-18-8-4-2-5-9-18/h2-11,20-21,24H,12-17H2,1H3,(H,25,26). The number of aliphatic carboxylic acids is 1. The zero-order chi connectivity index (χ0) is 18.4. The van der Waals surface area contributed by atoms with Crippen molar-refractivity contribution in [3.8, 4) is 0 Å². The van der Waals surface area contributed by atoms with Gasteiger partial charge in [0.05, 0.1) is 0 Å². The Kier molecular flexibility index (Phi) is 6.10. The van der Waals surface area contributed by atoms with Crippen LogP contribution in [0.5, 0.6) is 0 Å². The summed E-state index contributed by atoms with van der Waals surface area (Å²) in [6.45, 7) is 2.35. The Morgan fingerprint density at radius 2 is 1.81 bits per heavy atom. The van der Waals surface area contributed by atoms with Crippen LogP contribution >= 0.6 is 0 Å². The number of benzene rings is 2. The zero-order valence-electron chi connectivity index (χ0n) is 15.5. The van der Waals surface area contributed by atoms with Crippen molar-refractivity contribution in [3.05, 3.63) is 71.8 Å². The van der Waals surface area contributed by atoms with Crippen LogP contribution in [0.1, 0.15) is 50.2 Å². The number of carboxylic acid groups (broad SMARTS) is 1. The van der Waals surface area contributed by atoms with Crippen LogP contribution in [-0.4, -0.2) is 23.2 Å². The van der Waals surface area contributed by atoms with Crippen molar-refractivity contribution in [2.24, 2.45) is 0 Å². The molecule has 0 heterocycles. The fourth-order valence-corrected chi connectivity index (χ4v) is 4.26. The molecule has 2 aromatic rings. The molecule has 1 fully saturated rings. The van der Waals surface area contributed by atoms with Crippen molar-refractivity contribution in [2.75, 3.05) is 0 Å². The highest BCUT2D eigenvalue weighted by Crippen LogP contribution is 2.40. The van der Waals surface area contributed by atoms with Crippen LogP contribution in [0.3, 0.4) is 0 Å². The van der Waals surface area contributed by atoms with E-state index in [0.717, 1.165) is 19.3 Å². The molecule has 3 rings (SSSR count). The summed E-state index contributed by atoms with van der Waals surface area (Å²) in [5, 5.41) is 12.9. The maximum atomic E-state index is 11.1. The lowest BCUT2D eigenvalue weighted by molar-refractivity contribution is -0.137. The summed E-state index contributed by atoms with van der Waals surface area (Å²) in [7, 11) is 0. The average Bonchev–Trinajstić information content (AvgIpc) is 3.03. The van der Waals surface area contributed by atoms with E-state index in [0.29, 0.717) is 12.5 Å². The number of hydrogen-bond donors (Lipinski definition) is 2. The molecule has 0 amide bonds. The molecule has 0 saturated heterocycles. The summed E-state index contributed by atoms with van der Waals surface area (Å²) in [5.41, 5.74) is 2.89. The molecule has 2 N–H and O–H groups in total. The van der Waals surface area contributed by atoms with Crippen LogP contribution in [0, 0.1) is 0 Å². The van der Waals surface area contributed by atoms with Crippen LogP contribution in [-0.2, 0) is 16.6 Å². The van der Waals surface area contributed by atoms with Gasteiger partial charge in [-0.3, -0.25) is 4.79 Å². The summed E-state index contributed by atoms with van der Waals surface area (Å²) in [6, 6.07) is 21.8. The van der Waals surface area contributed by atoms with E-state index >= 15 is 0 Å². The van der Waals surface area contributed by atoms with Crippen molar-refractivity contribution >= 4 is 5.97 Å². The Morgan fingerprint density at radius 1 is 1.15 bits per heavy atom. The van der Waals surface area contributed by atoms with E-state index in [-0.39, 0.29) is 17.9 Å². The lowest BCUT2D eigenvalue weighted by atomic mass is 9.81. The van der Waals surface area contributed by atoms with E-state index in [1.807, 2.05) is 18.2 Å². The van der Waals surface area contributed by atoms with Gasteiger partial charge in [-0.05, 0) is 48.6 Å². The van der Waals surface area contributed by atoms with Gasteiger partial charge in [-0.1, -0.05) is 67.6 Å². The summed E-state index contributed by atoms with van der Waals surface area (Å²) < 4.78 is 0. The molecule has 1 aliphatic rings. The van der Waals surface area contributed by atoms with E-state index in [2.05, 4.69) is 54.7 Å². The lowest BCUT2D eigenvalue weighted by Gasteiger charge is -2.27. The first kappa shape index (κ1) is 18.7. The monoisotopic (exact) mass is 351 g/mol. The molecule has 1 aliphatic carbocycles. The van der Waals surface area contributed by atoms with Gasteiger partial charge in [0.2, 0.25) is 0 Å². The first-order chi connectivity index (χ1) is 12.5. The van der Waals surface area contributed by atoms with Crippen LogP contribution in [0.2, 0.25) is 0 Å². The molecule has 3 nitrogen and oxygen atoms in total. The molecular weight excluding hydrogens is 322 g/mol. The first-order valence-corrected chi connectivity index (χ1v) is 9.62. The van der Waals surface area contributed by atoms with Gasteiger partial charge in [-0.2, -0.15) is 0 Å². The van der Waals surface area contributed by atoms with Crippen molar-refractivity contribution in [1.82, 2.24) is 5.32 Å². The molecule has 0 aromatic heterocycles. The second-order valence-electron chi connectivity index (χ2n) is 7.85. The Morgan fingerprint density at radius 3 is 2.46 bits per heavy atom. The summed E-state index contributed by atoms with van der Waals surface area (Å²) in [4.78, 5) is 11.1. The predicted molar refractivity (Wildman–Crippen MR) is 105 cm³/mol. The van der Waals surface area contributed by atoms with E-state index < -0.39 is 5.97 Å². The molecule has 2 aromatic carbocycles. The maximum absolute atomic E-state index is 11.1. The van der Waals surface area contributed by atoms with Gasteiger partial charge < -0.3 is 10.4 Å². The fourth-order valence-electron chi connectivity index (χ4n) is 4.26. The van der Waals surface area contributed by atoms with Crippen LogP contribution in [0.4, 0.5) is 0 Å². The molecule has 0 radical (unpaired) electrons. The minimum absolute atomic E-state index is 0.205. The average molecular weight is 351 g/mol. The summed E-state index contributed by atoms with van der Waals surface area (Å²) in [6.07, 6.45) is 5.19. The number of rotatable bonds is 8. The first-order valence-electron chi connectivity index (χ1n) is 9.62. The number of carbonyl (C=O) groups is 1. The highest BCUT2D eigenvalue weighted by atomic mass is 16.4. The van der Waals surface area contributed by atoms with Crippen molar-refractivity contribution in [3.63, 3.8) is 0 Å². The van der Waals surface area contributed by atoms with E-state index in [1.54, 1.807) is 0 Å². The van der Waals surface area contributed by atoms with Gasteiger partial charge in [0, 0.05) is 18.5 Å². The van der Waals surface area contributed by atoms with Gasteiger partial charge in [-0.15, -0.1) is 0 Å². The van der Waals surface area contributed by atoms with Crippen LogP contribution in [0.25, 0.3) is 0 Å². The Balaban J connectivity index is 1.64. The maximum Gasteiger partial charge on any atom is 0.303 e. The highest BCUT2D eigenvalue weighted by molar-refractivity contribution is 5.66. The SMILES string of the molecule is CC1(c2ccccc2)CCC(NC(CCC(=O)O)Cc2ccccc2)C1. The van der Waals surface area contributed by atoms with Crippen LogP contribution in [0.15, 0.2) is 60.7 Å². The largest absolute Gasteiger partial charge is 0.481 e. The third-order valence-electron chi connectivity index (χ3n) is 5.72. The fraction of sp³-hybridized carbons (Fsp3) is 0.435. The molecule has 26 heavy (non-hydrogen) atoms. The summed E-state index contributed by atoms with van der Waals surface area (Å²) in [5.74, 6) is -0.717. The van der Waals surface area contributed by atoms with E-state index in [1.165, 1.54) is 17.5 Å². The number of nitrogens with one attached hydrogen (secondary N) is 1. The third-order valence-corrected chi connectivity index (χ3v) is 5.72. The lowest BCUT2D eigenvalue weighted by Crippen LogP contribution is -2.39. The second-order valence-corrected chi connectivity index (χ2v) is 7.85. The van der Waals surface area contributed by atoms with Gasteiger partial charge in [-0.25, -0.2) is 0 Å². The topological polar surface area (TPSA) is 49.3 Å². The molecule has 0 aliphatic heterocycles.